The van der Waals surface area contributed by atoms with Crippen molar-refractivity contribution in [3.8, 4) is 0 Å². The lowest BCUT2D eigenvalue weighted by atomic mass is 9.84. The molecule has 20 heavy (non-hydrogen) atoms. The molecule has 4 heteroatoms. The maximum absolute atomic E-state index is 12.4. The van der Waals surface area contributed by atoms with Crippen LogP contribution < -0.4 is 10.6 Å². The summed E-state index contributed by atoms with van der Waals surface area (Å²) >= 11 is 0. The largest absolute Gasteiger partial charge is 0.373 e. The van der Waals surface area contributed by atoms with Crippen molar-refractivity contribution in [3.63, 3.8) is 0 Å². The van der Waals surface area contributed by atoms with Gasteiger partial charge in [-0.15, -0.1) is 0 Å². The third-order valence-electron chi connectivity index (χ3n) is 3.34. The molecule has 1 amide bonds. The fraction of sp³-hybridized carbons (Fsp3) is 0.250. The lowest BCUT2D eigenvalue weighted by Crippen LogP contribution is -2.34. The van der Waals surface area contributed by atoms with Crippen molar-refractivity contribution >= 4 is 17.4 Å². The van der Waals surface area contributed by atoms with E-state index >= 15 is 0 Å². The van der Waals surface area contributed by atoms with Gasteiger partial charge in [0.15, 0.2) is 0 Å². The summed E-state index contributed by atoms with van der Waals surface area (Å²) in [6, 6.07) is 13.4. The number of hydrogen-bond acceptors (Lipinski definition) is 3. The van der Waals surface area contributed by atoms with Gasteiger partial charge in [0, 0.05) is 7.05 Å². The third-order valence-corrected chi connectivity index (χ3v) is 3.34. The zero-order valence-electron chi connectivity index (χ0n) is 12.0. The number of benzene rings is 1. The number of nitrogens with zero attached hydrogens (tertiary/aromatic N) is 1. The molecule has 0 bridgehead atoms. The van der Waals surface area contributed by atoms with Gasteiger partial charge in [-0.3, -0.25) is 4.79 Å². The Balaban J connectivity index is 2.14. The molecule has 0 saturated carbocycles. The molecule has 2 N–H and O–H groups in total. The standard InChI is InChI=1S/C16H19N3O/c1-16(2,12-7-5-4-6-8-12)15(20)19-13-9-10-14(17-3)18-11-13/h4-11H,1-3H3,(H,17,18)(H,19,20). The molecule has 0 aliphatic carbocycles. The van der Waals surface area contributed by atoms with Gasteiger partial charge in [0.25, 0.3) is 0 Å². The van der Waals surface area contributed by atoms with E-state index in [2.05, 4.69) is 15.6 Å². The maximum Gasteiger partial charge on any atom is 0.234 e. The number of rotatable bonds is 4. The molecule has 0 aliphatic rings. The van der Waals surface area contributed by atoms with E-state index in [9.17, 15) is 4.79 Å². The highest BCUT2D eigenvalue weighted by Crippen LogP contribution is 2.24. The SMILES string of the molecule is CNc1ccc(NC(=O)C(C)(C)c2ccccc2)cn1. The number of hydrogen-bond donors (Lipinski definition) is 2. The van der Waals surface area contributed by atoms with Crippen LogP contribution in [0.5, 0.6) is 0 Å². The molecule has 1 heterocycles. The number of carbonyl (C=O) groups excluding carboxylic acids is 1. The first-order valence-electron chi connectivity index (χ1n) is 6.55. The highest BCUT2D eigenvalue weighted by atomic mass is 16.2. The Morgan fingerprint density at radius 2 is 1.80 bits per heavy atom. The Bertz CT molecular complexity index is 576. The molecule has 2 rings (SSSR count). The number of anilines is 2. The second-order valence-corrected chi connectivity index (χ2v) is 5.13. The summed E-state index contributed by atoms with van der Waals surface area (Å²) in [6.45, 7) is 3.82. The lowest BCUT2D eigenvalue weighted by Gasteiger charge is -2.24. The zero-order valence-corrected chi connectivity index (χ0v) is 12.0. The van der Waals surface area contributed by atoms with Crippen molar-refractivity contribution in [3.05, 3.63) is 54.2 Å². The first-order valence-corrected chi connectivity index (χ1v) is 6.55. The molecule has 0 aliphatic heterocycles. The minimum absolute atomic E-state index is 0.0530. The van der Waals surface area contributed by atoms with Crippen molar-refractivity contribution in [2.24, 2.45) is 0 Å². The van der Waals surface area contributed by atoms with Gasteiger partial charge in [-0.05, 0) is 31.5 Å². The number of nitrogens with one attached hydrogen (secondary N) is 2. The van der Waals surface area contributed by atoms with Crippen LogP contribution in [-0.4, -0.2) is 17.9 Å². The highest BCUT2D eigenvalue weighted by molar-refractivity contribution is 5.98. The third kappa shape index (κ3) is 2.96. The van der Waals surface area contributed by atoms with Crippen molar-refractivity contribution < 1.29 is 4.79 Å². The summed E-state index contributed by atoms with van der Waals surface area (Å²) < 4.78 is 0. The van der Waals surface area contributed by atoms with Gasteiger partial charge in [-0.25, -0.2) is 4.98 Å². The summed E-state index contributed by atoms with van der Waals surface area (Å²) in [5.41, 5.74) is 1.08. The molecule has 0 radical (unpaired) electrons. The molecular formula is C16H19N3O. The van der Waals surface area contributed by atoms with E-state index in [0.717, 1.165) is 11.4 Å². The Morgan fingerprint density at radius 1 is 1.10 bits per heavy atom. The van der Waals surface area contributed by atoms with Crippen molar-refractivity contribution in [2.75, 3.05) is 17.7 Å². The van der Waals surface area contributed by atoms with Crippen LogP contribution in [0.2, 0.25) is 0 Å². The van der Waals surface area contributed by atoms with E-state index in [1.54, 1.807) is 13.2 Å². The fourth-order valence-electron chi connectivity index (χ4n) is 1.89. The molecule has 0 saturated heterocycles. The highest BCUT2D eigenvalue weighted by Gasteiger charge is 2.29. The summed E-state index contributed by atoms with van der Waals surface area (Å²) in [6.07, 6.45) is 1.64. The monoisotopic (exact) mass is 269 g/mol. The molecule has 104 valence electrons. The quantitative estimate of drug-likeness (QED) is 0.897. The normalized spacial score (nSPS) is 10.9. The molecule has 4 nitrogen and oxygen atoms in total. The van der Waals surface area contributed by atoms with Crippen molar-refractivity contribution in [1.82, 2.24) is 4.98 Å². The first-order chi connectivity index (χ1) is 9.54. The van der Waals surface area contributed by atoms with Crippen molar-refractivity contribution in [2.45, 2.75) is 19.3 Å². The van der Waals surface area contributed by atoms with Gasteiger partial charge >= 0.3 is 0 Å². The van der Waals surface area contributed by atoms with Crippen LogP contribution in [0.4, 0.5) is 11.5 Å². The summed E-state index contributed by atoms with van der Waals surface area (Å²) in [4.78, 5) is 16.6. The molecule has 2 aromatic rings. The predicted molar refractivity (Wildman–Crippen MR) is 81.9 cm³/mol. The van der Waals surface area contributed by atoms with E-state index in [-0.39, 0.29) is 5.91 Å². The van der Waals surface area contributed by atoms with Crippen LogP contribution in [0.15, 0.2) is 48.7 Å². The number of aromatic nitrogens is 1. The molecule has 1 aromatic carbocycles. The van der Waals surface area contributed by atoms with Crippen LogP contribution in [-0.2, 0) is 10.2 Å². The second kappa shape index (κ2) is 5.74. The van der Waals surface area contributed by atoms with Gasteiger partial charge in [-0.2, -0.15) is 0 Å². The lowest BCUT2D eigenvalue weighted by molar-refractivity contribution is -0.120. The fourth-order valence-corrected chi connectivity index (χ4v) is 1.89. The van der Waals surface area contributed by atoms with E-state index in [1.165, 1.54) is 0 Å². The average Bonchev–Trinajstić information content (AvgIpc) is 2.49. The van der Waals surface area contributed by atoms with E-state index < -0.39 is 5.41 Å². The topological polar surface area (TPSA) is 54.0 Å². The number of pyridine rings is 1. The summed E-state index contributed by atoms with van der Waals surface area (Å²) in [5.74, 6) is 0.716. The molecular weight excluding hydrogens is 250 g/mol. The van der Waals surface area contributed by atoms with Crippen LogP contribution >= 0.6 is 0 Å². The van der Waals surface area contributed by atoms with E-state index in [0.29, 0.717) is 5.69 Å². The van der Waals surface area contributed by atoms with Gasteiger partial charge in [0.2, 0.25) is 5.91 Å². The zero-order chi connectivity index (χ0) is 14.6. The Hall–Kier alpha value is -2.36. The molecule has 1 aromatic heterocycles. The number of amides is 1. The summed E-state index contributed by atoms with van der Waals surface area (Å²) in [5, 5.41) is 5.84. The second-order valence-electron chi connectivity index (χ2n) is 5.13. The molecule has 0 unspecified atom stereocenters. The Labute approximate surface area is 119 Å². The Kier molecular flexibility index (Phi) is 4.03. The number of carbonyl (C=O) groups is 1. The van der Waals surface area contributed by atoms with Gasteiger partial charge < -0.3 is 10.6 Å². The van der Waals surface area contributed by atoms with Gasteiger partial charge in [0.05, 0.1) is 17.3 Å². The van der Waals surface area contributed by atoms with Crippen LogP contribution in [0, 0.1) is 0 Å². The van der Waals surface area contributed by atoms with Crippen LogP contribution in [0.25, 0.3) is 0 Å². The molecule has 0 fully saturated rings. The van der Waals surface area contributed by atoms with E-state index in [4.69, 9.17) is 0 Å². The average molecular weight is 269 g/mol. The van der Waals surface area contributed by atoms with E-state index in [1.807, 2.05) is 56.3 Å². The predicted octanol–water partition coefficient (Wildman–Crippen LogP) is 3.04. The summed E-state index contributed by atoms with van der Waals surface area (Å²) in [7, 11) is 1.80. The minimum atomic E-state index is -0.594. The molecule has 0 atom stereocenters. The first kappa shape index (κ1) is 14.1. The van der Waals surface area contributed by atoms with Gasteiger partial charge in [-0.1, -0.05) is 30.3 Å². The van der Waals surface area contributed by atoms with Gasteiger partial charge in [0.1, 0.15) is 5.82 Å². The Morgan fingerprint density at radius 3 is 2.35 bits per heavy atom. The van der Waals surface area contributed by atoms with Crippen LogP contribution in [0.3, 0.4) is 0 Å². The minimum Gasteiger partial charge on any atom is -0.373 e. The maximum atomic E-state index is 12.4. The van der Waals surface area contributed by atoms with Crippen LogP contribution in [0.1, 0.15) is 19.4 Å². The van der Waals surface area contributed by atoms with Crippen molar-refractivity contribution in [1.29, 1.82) is 0 Å². The molecule has 0 spiro atoms. The smallest absolute Gasteiger partial charge is 0.234 e.